The fourth-order valence-electron chi connectivity index (χ4n) is 4.29. The van der Waals surface area contributed by atoms with E-state index < -0.39 is 0 Å². The molecule has 19 heavy (non-hydrogen) atoms. The topological polar surface area (TPSA) is 30.5 Å². The Balaban J connectivity index is 1.52. The van der Waals surface area contributed by atoms with Crippen molar-refractivity contribution in [1.29, 1.82) is 0 Å². The van der Waals surface area contributed by atoms with Gasteiger partial charge in [0, 0.05) is 20.2 Å². The maximum absolute atomic E-state index is 6.55. The maximum atomic E-state index is 6.55. The summed E-state index contributed by atoms with van der Waals surface area (Å²) in [7, 11) is 1.84. The number of rotatable bonds is 3. The van der Waals surface area contributed by atoms with Crippen molar-refractivity contribution in [3.8, 4) is 0 Å². The molecule has 110 valence electrons. The van der Waals surface area contributed by atoms with Gasteiger partial charge in [0.05, 0.1) is 17.8 Å². The SMILES string of the molecule is COC1CCC2(CC1)CNCC(CC1CCCC1)O2. The third kappa shape index (κ3) is 3.32. The molecular weight excluding hydrogens is 238 g/mol. The lowest BCUT2D eigenvalue weighted by Crippen LogP contribution is -2.56. The summed E-state index contributed by atoms with van der Waals surface area (Å²) in [5.74, 6) is 0.928. The van der Waals surface area contributed by atoms with Crippen molar-refractivity contribution in [3.05, 3.63) is 0 Å². The third-order valence-corrected chi connectivity index (χ3v) is 5.48. The van der Waals surface area contributed by atoms with Crippen LogP contribution >= 0.6 is 0 Å². The molecule has 3 aliphatic rings. The molecule has 0 aromatic heterocycles. The third-order valence-electron chi connectivity index (χ3n) is 5.48. The Kier molecular flexibility index (Phi) is 4.45. The smallest absolute Gasteiger partial charge is 0.0812 e. The quantitative estimate of drug-likeness (QED) is 0.853. The van der Waals surface area contributed by atoms with Crippen LogP contribution in [0.25, 0.3) is 0 Å². The molecule has 1 unspecified atom stereocenters. The van der Waals surface area contributed by atoms with Crippen LogP contribution in [0.15, 0.2) is 0 Å². The number of methoxy groups -OCH3 is 1. The molecule has 2 saturated carbocycles. The van der Waals surface area contributed by atoms with Crippen molar-refractivity contribution >= 4 is 0 Å². The summed E-state index contributed by atoms with van der Waals surface area (Å²) in [6.45, 7) is 2.11. The van der Waals surface area contributed by atoms with Gasteiger partial charge in [0.15, 0.2) is 0 Å². The maximum Gasteiger partial charge on any atom is 0.0812 e. The minimum absolute atomic E-state index is 0.122. The minimum atomic E-state index is 0.122. The van der Waals surface area contributed by atoms with Gasteiger partial charge >= 0.3 is 0 Å². The van der Waals surface area contributed by atoms with Gasteiger partial charge in [-0.2, -0.15) is 0 Å². The van der Waals surface area contributed by atoms with Crippen molar-refractivity contribution in [1.82, 2.24) is 5.32 Å². The Hall–Kier alpha value is -0.120. The average Bonchev–Trinajstić information content (AvgIpc) is 2.93. The molecule has 2 aliphatic carbocycles. The van der Waals surface area contributed by atoms with E-state index in [-0.39, 0.29) is 5.60 Å². The Bertz CT molecular complexity index is 280. The van der Waals surface area contributed by atoms with Gasteiger partial charge in [-0.15, -0.1) is 0 Å². The molecule has 0 aromatic rings. The predicted molar refractivity (Wildman–Crippen MR) is 76.3 cm³/mol. The summed E-state index contributed by atoms with van der Waals surface area (Å²) in [4.78, 5) is 0. The molecule has 1 spiro atoms. The van der Waals surface area contributed by atoms with Gasteiger partial charge in [0.25, 0.3) is 0 Å². The summed E-state index contributed by atoms with van der Waals surface area (Å²) in [6, 6.07) is 0. The zero-order valence-electron chi connectivity index (χ0n) is 12.3. The second-order valence-electron chi connectivity index (χ2n) is 6.88. The summed E-state index contributed by atoms with van der Waals surface area (Å²) in [5.41, 5.74) is 0.122. The van der Waals surface area contributed by atoms with Gasteiger partial charge in [0.1, 0.15) is 0 Å². The molecule has 0 amide bonds. The minimum Gasteiger partial charge on any atom is -0.381 e. The lowest BCUT2D eigenvalue weighted by molar-refractivity contribution is -0.151. The van der Waals surface area contributed by atoms with Crippen molar-refractivity contribution in [2.75, 3.05) is 20.2 Å². The van der Waals surface area contributed by atoms with Gasteiger partial charge in [-0.3, -0.25) is 0 Å². The van der Waals surface area contributed by atoms with Gasteiger partial charge in [-0.25, -0.2) is 0 Å². The fraction of sp³-hybridized carbons (Fsp3) is 1.00. The van der Waals surface area contributed by atoms with Crippen LogP contribution in [0.2, 0.25) is 0 Å². The van der Waals surface area contributed by atoms with Crippen molar-refractivity contribution < 1.29 is 9.47 Å². The van der Waals surface area contributed by atoms with E-state index in [1.807, 2.05) is 7.11 Å². The number of hydrogen-bond acceptors (Lipinski definition) is 3. The van der Waals surface area contributed by atoms with Crippen LogP contribution in [0.5, 0.6) is 0 Å². The van der Waals surface area contributed by atoms with Crippen LogP contribution < -0.4 is 5.32 Å². The van der Waals surface area contributed by atoms with Crippen LogP contribution in [0, 0.1) is 5.92 Å². The first-order valence-electron chi connectivity index (χ1n) is 8.21. The van der Waals surface area contributed by atoms with E-state index >= 15 is 0 Å². The second kappa shape index (κ2) is 6.11. The highest BCUT2D eigenvalue weighted by molar-refractivity contribution is 4.94. The zero-order valence-corrected chi connectivity index (χ0v) is 12.3. The Morgan fingerprint density at radius 1 is 1.16 bits per heavy atom. The zero-order chi connectivity index (χ0) is 13.1. The van der Waals surface area contributed by atoms with E-state index in [9.17, 15) is 0 Å². The molecular formula is C16H29NO2. The summed E-state index contributed by atoms with van der Waals surface area (Å²) in [6.07, 6.45) is 12.6. The molecule has 1 N–H and O–H groups in total. The summed E-state index contributed by atoms with van der Waals surface area (Å²) < 4.78 is 12.0. The lowest BCUT2D eigenvalue weighted by atomic mass is 9.81. The van der Waals surface area contributed by atoms with Crippen LogP contribution in [0.1, 0.15) is 57.8 Å². The Morgan fingerprint density at radius 3 is 2.58 bits per heavy atom. The van der Waals surface area contributed by atoms with Gasteiger partial charge < -0.3 is 14.8 Å². The first-order valence-corrected chi connectivity index (χ1v) is 8.21. The predicted octanol–water partition coefficient (Wildman–Crippen LogP) is 2.88. The van der Waals surface area contributed by atoms with E-state index in [0.29, 0.717) is 12.2 Å². The summed E-state index contributed by atoms with van der Waals surface area (Å²) in [5, 5.41) is 3.64. The Labute approximate surface area is 117 Å². The molecule has 3 heteroatoms. The highest BCUT2D eigenvalue weighted by Crippen LogP contribution is 2.37. The van der Waals surface area contributed by atoms with E-state index in [1.54, 1.807) is 0 Å². The number of nitrogens with one attached hydrogen (secondary N) is 1. The molecule has 3 fully saturated rings. The molecule has 0 bridgehead atoms. The summed E-state index contributed by atoms with van der Waals surface area (Å²) >= 11 is 0. The van der Waals surface area contributed by atoms with E-state index in [0.717, 1.165) is 31.8 Å². The van der Waals surface area contributed by atoms with Gasteiger partial charge in [-0.05, 0) is 38.0 Å². The molecule has 3 rings (SSSR count). The van der Waals surface area contributed by atoms with Crippen LogP contribution in [-0.2, 0) is 9.47 Å². The van der Waals surface area contributed by atoms with E-state index in [4.69, 9.17) is 9.47 Å². The molecule has 0 radical (unpaired) electrons. The average molecular weight is 267 g/mol. The molecule has 1 saturated heterocycles. The monoisotopic (exact) mass is 267 g/mol. The molecule has 3 nitrogen and oxygen atoms in total. The fourth-order valence-corrected chi connectivity index (χ4v) is 4.29. The molecule has 0 aromatic carbocycles. The van der Waals surface area contributed by atoms with E-state index in [1.165, 1.54) is 44.9 Å². The van der Waals surface area contributed by atoms with Crippen molar-refractivity contribution in [3.63, 3.8) is 0 Å². The highest BCUT2D eigenvalue weighted by atomic mass is 16.5. The lowest BCUT2D eigenvalue weighted by Gasteiger charge is -2.46. The first-order chi connectivity index (χ1) is 9.30. The standard InChI is InChI=1S/C16H29NO2/c1-18-14-6-8-16(9-7-14)12-17-11-15(19-16)10-13-4-2-3-5-13/h13-15,17H,2-12H2,1H3. The highest BCUT2D eigenvalue weighted by Gasteiger charge is 2.41. The first kappa shape index (κ1) is 13.8. The molecule has 1 atom stereocenters. The number of morpholine rings is 1. The van der Waals surface area contributed by atoms with Crippen LogP contribution in [0.3, 0.4) is 0 Å². The normalized spacial score (nSPS) is 40.9. The van der Waals surface area contributed by atoms with Crippen LogP contribution in [0.4, 0.5) is 0 Å². The second-order valence-corrected chi connectivity index (χ2v) is 6.88. The van der Waals surface area contributed by atoms with Gasteiger partial charge in [0.2, 0.25) is 0 Å². The Morgan fingerprint density at radius 2 is 1.89 bits per heavy atom. The van der Waals surface area contributed by atoms with Crippen LogP contribution in [-0.4, -0.2) is 38.0 Å². The van der Waals surface area contributed by atoms with E-state index in [2.05, 4.69) is 5.32 Å². The molecule has 1 aliphatic heterocycles. The number of hydrogen-bond donors (Lipinski definition) is 1. The van der Waals surface area contributed by atoms with Gasteiger partial charge in [-0.1, -0.05) is 25.7 Å². The largest absolute Gasteiger partial charge is 0.381 e. The number of ether oxygens (including phenoxy) is 2. The van der Waals surface area contributed by atoms with Crippen molar-refractivity contribution in [2.24, 2.45) is 5.92 Å². The molecule has 1 heterocycles. The van der Waals surface area contributed by atoms with Crippen molar-refractivity contribution in [2.45, 2.75) is 75.6 Å².